The highest BCUT2D eigenvalue weighted by molar-refractivity contribution is 5.95. The average molecular weight is 359 g/mol. The van der Waals surface area contributed by atoms with Gasteiger partial charge in [-0.1, -0.05) is 12.1 Å². The van der Waals surface area contributed by atoms with Gasteiger partial charge in [-0.2, -0.15) is 0 Å². The highest BCUT2D eigenvalue weighted by Gasteiger charge is 2.31. The molecule has 1 atom stereocenters. The molecule has 1 amide bonds. The third kappa shape index (κ3) is 3.31. The Labute approximate surface area is 154 Å². The predicted molar refractivity (Wildman–Crippen MR) is 102 cm³/mol. The first kappa shape index (κ1) is 17.6. The SMILES string of the molecule is COc1ccc(C2CCCN2C(=O)c2ccc3c(c2)CCN3)cc1.Cl. The van der Waals surface area contributed by atoms with Crippen LogP contribution in [0.25, 0.3) is 0 Å². The van der Waals surface area contributed by atoms with Crippen LogP contribution in [0.15, 0.2) is 42.5 Å². The Morgan fingerprint density at radius 1 is 1.20 bits per heavy atom. The molecule has 0 radical (unpaired) electrons. The minimum absolute atomic E-state index is 0. The lowest BCUT2D eigenvalue weighted by Crippen LogP contribution is -2.30. The molecule has 0 bridgehead atoms. The van der Waals surface area contributed by atoms with E-state index >= 15 is 0 Å². The largest absolute Gasteiger partial charge is 0.497 e. The molecule has 2 aromatic carbocycles. The molecule has 2 aliphatic heterocycles. The van der Waals surface area contributed by atoms with Gasteiger partial charge in [0.2, 0.25) is 0 Å². The first-order chi connectivity index (χ1) is 11.8. The molecule has 1 N–H and O–H groups in total. The van der Waals surface area contributed by atoms with E-state index in [9.17, 15) is 4.79 Å². The first-order valence-corrected chi connectivity index (χ1v) is 8.58. The lowest BCUT2D eigenvalue weighted by Gasteiger charge is -2.25. The van der Waals surface area contributed by atoms with Gasteiger partial charge in [-0.15, -0.1) is 12.4 Å². The number of carbonyl (C=O) groups is 1. The molecule has 2 aliphatic rings. The summed E-state index contributed by atoms with van der Waals surface area (Å²) in [5, 5.41) is 3.34. The molecule has 0 aromatic heterocycles. The van der Waals surface area contributed by atoms with Crippen molar-refractivity contribution in [3.05, 3.63) is 59.2 Å². The number of hydrogen-bond acceptors (Lipinski definition) is 3. The van der Waals surface area contributed by atoms with Crippen LogP contribution in [0, 0.1) is 0 Å². The number of ether oxygens (including phenoxy) is 1. The summed E-state index contributed by atoms with van der Waals surface area (Å²) < 4.78 is 5.23. The second kappa shape index (κ2) is 7.36. The third-order valence-electron chi connectivity index (χ3n) is 5.08. The van der Waals surface area contributed by atoms with Gasteiger partial charge in [0.05, 0.1) is 13.2 Å². The Kier molecular flexibility index (Phi) is 5.19. The molecule has 4 rings (SSSR count). The average Bonchev–Trinajstić information content (AvgIpc) is 3.29. The molecule has 0 saturated carbocycles. The summed E-state index contributed by atoms with van der Waals surface area (Å²) in [7, 11) is 1.67. The monoisotopic (exact) mass is 358 g/mol. The zero-order valence-corrected chi connectivity index (χ0v) is 15.1. The van der Waals surface area contributed by atoms with Gasteiger partial charge in [0.25, 0.3) is 5.91 Å². The molecule has 132 valence electrons. The Morgan fingerprint density at radius 3 is 2.76 bits per heavy atom. The smallest absolute Gasteiger partial charge is 0.254 e. The topological polar surface area (TPSA) is 41.6 Å². The number of benzene rings is 2. The van der Waals surface area contributed by atoms with Crippen LogP contribution in [0.2, 0.25) is 0 Å². The molecule has 25 heavy (non-hydrogen) atoms. The van der Waals surface area contributed by atoms with Gasteiger partial charge in [0.15, 0.2) is 0 Å². The fourth-order valence-corrected chi connectivity index (χ4v) is 3.79. The van der Waals surface area contributed by atoms with Crippen LogP contribution in [0.1, 0.15) is 40.4 Å². The van der Waals surface area contributed by atoms with Gasteiger partial charge >= 0.3 is 0 Å². The second-order valence-electron chi connectivity index (χ2n) is 6.48. The summed E-state index contributed by atoms with van der Waals surface area (Å²) in [5.41, 5.74) is 4.41. The van der Waals surface area contributed by atoms with Gasteiger partial charge in [-0.05, 0) is 60.7 Å². The van der Waals surface area contributed by atoms with Crippen molar-refractivity contribution in [3.63, 3.8) is 0 Å². The highest BCUT2D eigenvalue weighted by atomic mass is 35.5. The molecule has 1 saturated heterocycles. The number of amides is 1. The number of likely N-dealkylation sites (tertiary alicyclic amines) is 1. The van der Waals surface area contributed by atoms with Crippen molar-refractivity contribution in [2.75, 3.05) is 25.5 Å². The molecule has 1 fully saturated rings. The number of halogens is 1. The number of nitrogens with zero attached hydrogens (tertiary/aromatic N) is 1. The van der Waals surface area contributed by atoms with Crippen molar-refractivity contribution in [1.82, 2.24) is 4.90 Å². The molecule has 0 aliphatic carbocycles. The van der Waals surface area contributed by atoms with Crippen molar-refractivity contribution in [1.29, 1.82) is 0 Å². The number of methoxy groups -OCH3 is 1. The van der Waals surface area contributed by atoms with Gasteiger partial charge in [0, 0.05) is 24.3 Å². The lowest BCUT2D eigenvalue weighted by atomic mass is 10.0. The van der Waals surface area contributed by atoms with Crippen LogP contribution in [0.4, 0.5) is 5.69 Å². The summed E-state index contributed by atoms with van der Waals surface area (Å²) in [5.74, 6) is 0.990. The van der Waals surface area contributed by atoms with E-state index in [4.69, 9.17) is 4.74 Å². The van der Waals surface area contributed by atoms with E-state index in [-0.39, 0.29) is 24.4 Å². The number of fused-ring (bicyclic) bond motifs is 1. The molecule has 5 heteroatoms. The van der Waals surface area contributed by atoms with Crippen LogP contribution in [-0.2, 0) is 6.42 Å². The Bertz CT molecular complexity index is 761. The van der Waals surface area contributed by atoms with E-state index in [1.54, 1.807) is 7.11 Å². The molecule has 2 heterocycles. The Balaban J connectivity index is 0.00000182. The number of carbonyl (C=O) groups excluding carboxylic acids is 1. The summed E-state index contributed by atoms with van der Waals surface area (Å²) in [4.78, 5) is 15.1. The van der Waals surface area contributed by atoms with Gasteiger partial charge < -0.3 is 15.0 Å². The fraction of sp³-hybridized carbons (Fsp3) is 0.350. The molecule has 0 spiro atoms. The number of rotatable bonds is 3. The fourth-order valence-electron chi connectivity index (χ4n) is 3.79. The van der Waals surface area contributed by atoms with E-state index in [0.29, 0.717) is 0 Å². The second-order valence-corrected chi connectivity index (χ2v) is 6.48. The van der Waals surface area contributed by atoms with Gasteiger partial charge in [-0.3, -0.25) is 4.79 Å². The maximum Gasteiger partial charge on any atom is 0.254 e. The van der Waals surface area contributed by atoms with Crippen molar-refractivity contribution in [2.45, 2.75) is 25.3 Å². The molecule has 4 nitrogen and oxygen atoms in total. The zero-order valence-electron chi connectivity index (χ0n) is 14.3. The van der Waals surface area contributed by atoms with Crippen molar-refractivity contribution in [3.8, 4) is 5.75 Å². The zero-order chi connectivity index (χ0) is 16.5. The molecular formula is C20H23ClN2O2. The minimum atomic E-state index is 0. The number of anilines is 1. The summed E-state index contributed by atoms with van der Waals surface area (Å²) >= 11 is 0. The van der Waals surface area contributed by atoms with Crippen molar-refractivity contribution >= 4 is 24.0 Å². The molecular weight excluding hydrogens is 336 g/mol. The van der Waals surface area contributed by atoms with Gasteiger partial charge in [0.1, 0.15) is 5.75 Å². The first-order valence-electron chi connectivity index (χ1n) is 8.58. The van der Waals surface area contributed by atoms with Crippen LogP contribution >= 0.6 is 12.4 Å². The van der Waals surface area contributed by atoms with E-state index in [1.165, 1.54) is 16.8 Å². The third-order valence-corrected chi connectivity index (χ3v) is 5.08. The Morgan fingerprint density at radius 2 is 2.00 bits per heavy atom. The standard InChI is InChI=1S/C20H22N2O2.ClH/c1-24-17-7-4-14(5-8-17)19-3-2-12-22(19)20(23)16-6-9-18-15(13-16)10-11-21-18;/h4-9,13,19,21H,2-3,10-12H2,1H3;1H. The quantitative estimate of drug-likeness (QED) is 0.899. The van der Waals surface area contributed by atoms with Crippen LogP contribution in [0.3, 0.4) is 0 Å². The number of hydrogen-bond donors (Lipinski definition) is 1. The lowest BCUT2D eigenvalue weighted by molar-refractivity contribution is 0.0735. The maximum absolute atomic E-state index is 13.0. The molecule has 2 aromatic rings. The van der Waals surface area contributed by atoms with Crippen molar-refractivity contribution < 1.29 is 9.53 Å². The van der Waals surface area contributed by atoms with Crippen LogP contribution in [-0.4, -0.2) is 31.0 Å². The summed E-state index contributed by atoms with van der Waals surface area (Å²) in [6, 6.07) is 14.3. The van der Waals surface area contributed by atoms with E-state index in [1.807, 2.05) is 29.2 Å². The van der Waals surface area contributed by atoms with Gasteiger partial charge in [-0.25, -0.2) is 0 Å². The number of nitrogens with one attached hydrogen (secondary N) is 1. The van der Waals surface area contributed by atoms with E-state index in [2.05, 4.69) is 23.5 Å². The Hall–Kier alpha value is -2.20. The molecule has 1 unspecified atom stereocenters. The van der Waals surface area contributed by atoms with Crippen LogP contribution in [0.5, 0.6) is 5.75 Å². The summed E-state index contributed by atoms with van der Waals surface area (Å²) in [6.45, 7) is 1.79. The van der Waals surface area contributed by atoms with E-state index < -0.39 is 0 Å². The van der Waals surface area contributed by atoms with E-state index in [0.717, 1.165) is 43.7 Å². The van der Waals surface area contributed by atoms with Crippen LogP contribution < -0.4 is 10.1 Å². The normalized spacial score (nSPS) is 18.3. The van der Waals surface area contributed by atoms with Crippen molar-refractivity contribution in [2.24, 2.45) is 0 Å². The maximum atomic E-state index is 13.0. The highest BCUT2D eigenvalue weighted by Crippen LogP contribution is 2.34. The summed E-state index contributed by atoms with van der Waals surface area (Å²) in [6.07, 6.45) is 3.07. The predicted octanol–water partition coefficient (Wildman–Crippen LogP) is 4.06. The minimum Gasteiger partial charge on any atom is -0.497 e.